The van der Waals surface area contributed by atoms with E-state index >= 15 is 0 Å². The molecule has 0 atom stereocenters. The average Bonchev–Trinajstić information content (AvgIpc) is 2.81. The summed E-state index contributed by atoms with van der Waals surface area (Å²) in [7, 11) is 0. The van der Waals surface area contributed by atoms with Gasteiger partial charge in [0.25, 0.3) is 0 Å². The summed E-state index contributed by atoms with van der Waals surface area (Å²) >= 11 is 0. The SMILES string of the molecule is O=C(NCCc1ccccc1)Nc1ccc2c(c1)OCCCO2. The molecule has 23 heavy (non-hydrogen) atoms. The Labute approximate surface area is 135 Å². The van der Waals surface area contributed by atoms with Gasteiger partial charge in [-0.05, 0) is 24.1 Å². The summed E-state index contributed by atoms with van der Waals surface area (Å²) in [5.74, 6) is 1.39. The van der Waals surface area contributed by atoms with E-state index in [0.717, 1.165) is 18.6 Å². The summed E-state index contributed by atoms with van der Waals surface area (Å²) < 4.78 is 11.2. The van der Waals surface area contributed by atoms with E-state index in [9.17, 15) is 4.79 Å². The maximum atomic E-state index is 11.9. The number of nitrogens with one attached hydrogen (secondary N) is 2. The lowest BCUT2D eigenvalue weighted by atomic mass is 10.1. The van der Waals surface area contributed by atoms with Crippen LogP contribution in [0, 0.1) is 0 Å². The second-order valence-corrected chi connectivity index (χ2v) is 5.33. The number of benzene rings is 2. The van der Waals surface area contributed by atoms with E-state index in [1.807, 2.05) is 42.5 Å². The summed E-state index contributed by atoms with van der Waals surface area (Å²) in [6.45, 7) is 1.86. The lowest BCUT2D eigenvalue weighted by molar-refractivity contribution is 0.252. The molecule has 5 nitrogen and oxygen atoms in total. The predicted octanol–water partition coefficient (Wildman–Crippen LogP) is 3.21. The largest absolute Gasteiger partial charge is 0.490 e. The Kier molecular flexibility index (Phi) is 4.99. The van der Waals surface area contributed by atoms with Gasteiger partial charge in [0, 0.05) is 24.7 Å². The number of hydrogen-bond acceptors (Lipinski definition) is 3. The van der Waals surface area contributed by atoms with Gasteiger partial charge in [-0.1, -0.05) is 30.3 Å². The van der Waals surface area contributed by atoms with Gasteiger partial charge in [0.2, 0.25) is 0 Å². The van der Waals surface area contributed by atoms with E-state index in [2.05, 4.69) is 10.6 Å². The molecular weight excluding hydrogens is 292 g/mol. The highest BCUT2D eigenvalue weighted by molar-refractivity contribution is 5.89. The van der Waals surface area contributed by atoms with Gasteiger partial charge in [0.15, 0.2) is 11.5 Å². The van der Waals surface area contributed by atoms with Crippen LogP contribution in [0.3, 0.4) is 0 Å². The van der Waals surface area contributed by atoms with E-state index in [-0.39, 0.29) is 6.03 Å². The highest BCUT2D eigenvalue weighted by Crippen LogP contribution is 2.32. The molecule has 0 saturated heterocycles. The van der Waals surface area contributed by atoms with E-state index in [1.54, 1.807) is 6.07 Å². The van der Waals surface area contributed by atoms with Crippen molar-refractivity contribution >= 4 is 11.7 Å². The van der Waals surface area contributed by atoms with Crippen LogP contribution < -0.4 is 20.1 Å². The van der Waals surface area contributed by atoms with Crippen LogP contribution in [0.4, 0.5) is 10.5 Å². The minimum absolute atomic E-state index is 0.226. The lowest BCUT2D eigenvalue weighted by Gasteiger charge is -2.11. The van der Waals surface area contributed by atoms with Crippen LogP contribution in [-0.2, 0) is 6.42 Å². The summed E-state index contributed by atoms with van der Waals surface area (Å²) in [5.41, 5.74) is 1.88. The number of urea groups is 1. The fourth-order valence-corrected chi connectivity index (χ4v) is 2.38. The topological polar surface area (TPSA) is 59.6 Å². The first-order valence-corrected chi connectivity index (χ1v) is 7.80. The molecule has 0 fully saturated rings. The monoisotopic (exact) mass is 312 g/mol. The average molecular weight is 312 g/mol. The maximum Gasteiger partial charge on any atom is 0.319 e. The number of fused-ring (bicyclic) bond motifs is 1. The molecule has 120 valence electrons. The highest BCUT2D eigenvalue weighted by atomic mass is 16.5. The quantitative estimate of drug-likeness (QED) is 0.911. The normalized spacial score (nSPS) is 13.0. The smallest absolute Gasteiger partial charge is 0.319 e. The molecule has 0 aromatic heterocycles. The molecule has 0 unspecified atom stereocenters. The number of carbonyl (C=O) groups excluding carboxylic acids is 1. The first-order valence-electron chi connectivity index (χ1n) is 7.80. The van der Waals surface area contributed by atoms with E-state index in [4.69, 9.17) is 9.47 Å². The van der Waals surface area contributed by atoms with Gasteiger partial charge in [-0.15, -0.1) is 0 Å². The number of hydrogen-bond donors (Lipinski definition) is 2. The first-order chi connectivity index (χ1) is 11.3. The van der Waals surface area contributed by atoms with Gasteiger partial charge in [0.05, 0.1) is 13.2 Å². The Morgan fingerprint density at radius 2 is 1.78 bits per heavy atom. The van der Waals surface area contributed by atoms with E-state index in [0.29, 0.717) is 31.2 Å². The zero-order chi connectivity index (χ0) is 15.9. The third-order valence-electron chi connectivity index (χ3n) is 3.55. The van der Waals surface area contributed by atoms with Crippen molar-refractivity contribution in [2.24, 2.45) is 0 Å². The van der Waals surface area contributed by atoms with Gasteiger partial charge in [-0.3, -0.25) is 0 Å². The van der Waals surface area contributed by atoms with Gasteiger partial charge in [-0.25, -0.2) is 4.79 Å². The van der Waals surface area contributed by atoms with Crippen molar-refractivity contribution in [2.45, 2.75) is 12.8 Å². The minimum atomic E-state index is -0.226. The zero-order valence-electron chi connectivity index (χ0n) is 12.9. The number of rotatable bonds is 4. The van der Waals surface area contributed by atoms with Crippen LogP contribution in [0.5, 0.6) is 11.5 Å². The van der Waals surface area contributed by atoms with Crippen molar-refractivity contribution in [2.75, 3.05) is 25.1 Å². The molecule has 1 aliphatic rings. The molecule has 2 amide bonds. The highest BCUT2D eigenvalue weighted by Gasteiger charge is 2.11. The molecule has 1 aliphatic heterocycles. The van der Waals surface area contributed by atoms with Crippen molar-refractivity contribution < 1.29 is 14.3 Å². The number of ether oxygens (including phenoxy) is 2. The molecular formula is C18H20N2O3. The minimum Gasteiger partial charge on any atom is -0.490 e. The van der Waals surface area contributed by atoms with Crippen LogP contribution in [0.1, 0.15) is 12.0 Å². The van der Waals surface area contributed by atoms with Crippen molar-refractivity contribution in [3.8, 4) is 11.5 Å². The lowest BCUT2D eigenvalue weighted by Crippen LogP contribution is -2.30. The van der Waals surface area contributed by atoms with Gasteiger partial charge >= 0.3 is 6.03 Å². The third-order valence-corrected chi connectivity index (χ3v) is 3.55. The van der Waals surface area contributed by atoms with Gasteiger partial charge in [-0.2, -0.15) is 0 Å². The second kappa shape index (κ2) is 7.54. The molecule has 2 N–H and O–H groups in total. The first kappa shape index (κ1) is 15.2. The molecule has 0 saturated carbocycles. The number of carbonyl (C=O) groups is 1. The molecule has 1 heterocycles. The Morgan fingerprint density at radius 3 is 2.61 bits per heavy atom. The predicted molar refractivity (Wildman–Crippen MR) is 89.2 cm³/mol. The fourth-order valence-electron chi connectivity index (χ4n) is 2.38. The van der Waals surface area contributed by atoms with Crippen LogP contribution in [-0.4, -0.2) is 25.8 Å². The number of amides is 2. The Balaban J connectivity index is 1.50. The maximum absolute atomic E-state index is 11.9. The molecule has 0 aliphatic carbocycles. The summed E-state index contributed by atoms with van der Waals surface area (Å²) in [6.07, 6.45) is 1.66. The van der Waals surface area contributed by atoms with Crippen LogP contribution in [0.25, 0.3) is 0 Å². The summed E-state index contributed by atoms with van der Waals surface area (Å²) in [5, 5.41) is 5.66. The van der Waals surface area contributed by atoms with Crippen LogP contribution in [0.2, 0.25) is 0 Å². The Morgan fingerprint density at radius 1 is 1.00 bits per heavy atom. The fraction of sp³-hybridized carbons (Fsp3) is 0.278. The van der Waals surface area contributed by atoms with Crippen molar-refractivity contribution in [1.82, 2.24) is 5.32 Å². The summed E-state index contributed by atoms with van der Waals surface area (Å²) in [4.78, 5) is 11.9. The summed E-state index contributed by atoms with van der Waals surface area (Å²) in [6, 6.07) is 15.2. The van der Waals surface area contributed by atoms with E-state index in [1.165, 1.54) is 5.56 Å². The molecule has 2 aromatic rings. The van der Waals surface area contributed by atoms with Crippen LogP contribution in [0.15, 0.2) is 48.5 Å². The van der Waals surface area contributed by atoms with Crippen molar-refractivity contribution in [3.05, 3.63) is 54.1 Å². The molecule has 3 rings (SSSR count). The van der Waals surface area contributed by atoms with Gasteiger partial charge < -0.3 is 20.1 Å². The number of anilines is 1. The third kappa shape index (κ3) is 4.39. The zero-order valence-corrected chi connectivity index (χ0v) is 12.9. The van der Waals surface area contributed by atoms with Crippen LogP contribution >= 0.6 is 0 Å². The van der Waals surface area contributed by atoms with Crippen molar-refractivity contribution in [3.63, 3.8) is 0 Å². The molecule has 0 radical (unpaired) electrons. The van der Waals surface area contributed by atoms with E-state index < -0.39 is 0 Å². The van der Waals surface area contributed by atoms with Gasteiger partial charge in [0.1, 0.15) is 0 Å². The van der Waals surface area contributed by atoms with Crippen molar-refractivity contribution in [1.29, 1.82) is 0 Å². The second-order valence-electron chi connectivity index (χ2n) is 5.33. The Hall–Kier alpha value is -2.69. The molecule has 0 bridgehead atoms. The Bertz CT molecular complexity index is 659. The molecule has 5 heteroatoms. The standard InChI is InChI=1S/C18H20N2O3/c21-18(19-10-9-14-5-2-1-3-6-14)20-15-7-8-16-17(13-15)23-12-4-11-22-16/h1-3,5-8,13H,4,9-12H2,(H2,19,20,21). The molecule has 0 spiro atoms. The molecule has 2 aromatic carbocycles.